The Morgan fingerprint density at radius 1 is 1.22 bits per heavy atom. The number of rotatable bonds is 6. The number of aromatic amines is 1. The van der Waals surface area contributed by atoms with E-state index in [4.69, 9.17) is 9.47 Å². The molecule has 27 heavy (non-hydrogen) atoms. The molecule has 0 bridgehead atoms. The normalized spacial score (nSPS) is 12.3. The fourth-order valence-electron chi connectivity index (χ4n) is 3.04. The van der Waals surface area contributed by atoms with Crippen molar-refractivity contribution in [3.63, 3.8) is 0 Å². The van der Waals surface area contributed by atoms with Crippen molar-refractivity contribution >= 4 is 11.9 Å². The maximum atomic E-state index is 12.3. The lowest BCUT2D eigenvalue weighted by molar-refractivity contribution is -0.115. The molecule has 1 aliphatic rings. The number of amides is 1. The highest BCUT2D eigenvalue weighted by Crippen LogP contribution is 2.26. The highest BCUT2D eigenvalue weighted by Gasteiger charge is 2.14. The average molecular weight is 364 g/mol. The molecule has 0 fully saturated rings. The second-order valence-electron chi connectivity index (χ2n) is 6.40. The topological polar surface area (TPSA) is 89.1 Å². The van der Waals surface area contributed by atoms with Gasteiger partial charge in [-0.3, -0.25) is 15.2 Å². The van der Waals surface area contributed by atoms with E-state index in [2.05, 4.69) is 20.5 Å². The van der Waals surface area contributed by atoms with Crippen LogP contribution in [0.15, 0.2) is 42.5 Å². The first kappa shape index (κ1) is 17.1. The molecule has 2 N–H and O–H groups in total. The number of hydrogen-bond acceptors (Lipinski definition) is 5. The van der Waals surface area contributed by atoms with Crippen LogP contribution in [-0.4, -0.2) is 34.8 Å². The highest BCUT2D eigenvalue weighted by molar-refractivity contribution is 5.90. The summed E-state index contributed by atoms with van der Waals surface area (Å²) >= 11 is 0. The van der Waals surface area contributed by atoms with Crippen LogP contribution in [0.5, 0.6) is 11.5 Å². The highest BCUT2D eigenvalue weighted by atomic mass is 16.5. The molecule has 2 aromatic carbocycles. The summed E-state index contributed by atoms with van der Waals surface area (Å²) in [5.74, 6) is 2.48. The summed E-state index contributed by atoms with van der Waals surface area (Å²) in [4.78, 5) is 16.6. The van der Waals surface area contributed by atoms with Crippen molar-refractivity contribution in [2.75, 3.05) is 19.0 Å². The third-order valence-corrected chi connectivity index (χ3v) is 4.44. The van der Waals surface area contributed by atoms with Gasteiger partial charge < -0.3 is 9.47 Å². The maximum absolute atomic E-state index is 12.3. The van der Waals surface area contributed by atoms with Gasteiger partial charge in [0, 0.05) is 12.8 Å². The monoisotopic (exact) mass is 364 g/mol. The molecular formula is C20H20N4O3. The Balaban J connectivity index is 1.35. The lowest BCUT2D eigenvalue weighted by atomic mass is 10.1. The molecule has 7 nitrogen and oxygen atoms in total. The molecule has 1 amide bonds. The van der Waals surface area contributed by atoms with Gasteiger partial charge in [0.2, 0.25) is 11.9 Å². The van der Waals surface area contributed by atoms with Gasteiger partial charge in [-0.05, 0) is 34.9 Å². The van der Waals surface area contributed by atoms with Gasteiger partial charge in [0.1, 0.15) is 17.3 Å². The molecule has 0 aliphatic carbocycles. The van der Waals surface area contributed by atoms with Crippen LogP contribution in [-0.2, 0) is 24.1 Å². The minimum absolute atomic E-state index is 0.164. The van der Waals surface area contributed by atoms with Gasteiger partial charge in [-0.15, -0.1) is 5.10 Å². The van der Waals surface area contributed by atoms with Gasteiger partial charge in [0.25, 0.3) is 0 Å². The SMILES string of the molecule is COc1ccc(Cc2nc(NC(=O)Cc3ccc4c(c3)OCC4)n[nH]2)cc1. The number of benzene rings is 2. The quantitative estimate of drug-likeness (QED) is 0.702. The summed E-state index contributed by atoms with van der Waals surface area (Å²) in [6, 6.07) is 13.6. The summed E-state index contributed by atoms with van der Waals surface area (Å²) in [5.41, 5.74) is 3.17. The van der Waals surface area contributed by atoms with Gasteiger partial charge in [-0.25, -0.2) is 0 Å². The Morgan fingerprint density at radius 3 is 2.85 bits per heavy atom. The van der Waals surface area contributed by atoms with Crippen LogP contribution in [0, 0.1) is 0 Å². The number of methoxy groups -OCH3 is 1. The zero-order valence-electron chi connectivity index (χ0n) is 15.0. The van der Waals surface area contributed by atoms with Crippen LogP contribution in [0.3, 0.4) is 0 Å². The number of anilines is 1. The predicted molar refractivity (Wildman–Crippen MR) is 100 cm³/mol. The van der Waals surface area contributed by atoms with Gasteiger partial charge in [0.15, 0.2) is 0 Å². The second kappa shape index (κ2) is 7.49. The number of carbonyl (C=O) groups excluding carboxylic acids is 1. The van der Waals surface area contributed by atoms with E-state index in [1.165, 1.54) is 5.56 Å². The zero-order chi connectivity index (χ0) is 18.6. The van der Waals surface area contributed by atoms with E-state index in [0.717, 1.165) is 29.0 Å². The van der Waals surface area contributed by atoms with E-state index in [1.54, 1.807) is 7.11 Å². The molecule has 0 unspecified atom stereocenters. The maximum Gasteiger partial charge on any atom is 0.248 e. The first-order valence-electron chi connectivity index (χ1n) is 8.78. The smallest absolute Gasteiger partial charge is 0.248 e. The van der Waals surface area contributed by atoms with Crippen LogP contribution in [0.1, 0.15) is 22.5 Å². The summed E-state index contributed by atoms with van der Waals surface area (Å²) in [6.45, 7) is 0.707. The third kappa shape index (κ3) is 4.08. The van der Waals surface area contributed by atoms with Crippen molar-refractivity contribution in [3.05, 3.63) is 65.0 Å². The van der Waals surface area contributed by atoms with Crippen molar-refractivity contribution in [2.24, 2.45) is 0 Å². The molecule has 1 aromatic heterocycles. The molecule has 138 valence electrons. The molecule has 0 saturated heterocycles. The number of aromatic nitrogens is 3. The largest absolute Gasteiger partial charge is 0.497 e. The van der Waals surface area contributed by atoms with E-state index < -0.39 is 0 Å². The Hall–Kier alpha value is -3.35. The Kier molecular flexibility index (Phi) is 4.74. The van der Waals surface area contributed by atoms with Gasteiger partial charge in [-0.1, -0.05) is 24.3 Å². The number of nitrogens with one attached hydrogen (secondary N) is 2. The summed E-state index contributed by atoms with van der Waals surface area (Å²) in [5, 5.41) is 9.66. The Morgan fingerprint density at radius 2 is 2.04 bits per heavy atom. The summed E-state index contributed by atoms with van der Waals surface area (Å²) in [6.07, 6.45) is 1.77. The van der Waals surface area contributed by atoms with Crippen molar-refractivity contribution < 1.29 is 14.3 Å². The summed E-state index contributed by atoms with van der Waals surface area (Å²) < 4.78 is 10.7. The van der Waals surface area contributed by atoms with Crippen LogP contribution in [0.25, 0.3) is 0 Å². The first-order valence-corrected chi connectivity index (χ1v) is 8.78. The fraction of sp³-hybridized carbons (Fsp3) is 0.250. The molecule has 2 heterocycles. The van der Waals surface area contributed by atoms with E-state index in [0.29, 0.717) is 18.9 Å². The van der Waals surface area contributed by atoms with Gasteiger partial charge in [0.05, 0.1) is 20.1 Å². The molecular weight excluding hydrogens is 344 g/mol. The van der Waals surface area contributed by atoms with Gasteiger partial charge in [-0.2, -0.15) is 4.98 Å². The van der Waals surface area contributed by atoms with Crippen LogP contribution in [0.2, 0.25) is 0 Å². The van der Waals surface area contributed by atoms with Gasteiger partial charge >= 0.3 is 0 Å². The van der Waals surface area contributed by atoms with Crippen molar-refractivity contribution in [2.45, 2.75) is 19.3 Å². The lowest BCUT2D eigenvalue weighted by Crippen LogP contribution is -2.15. The number of fused-ring (bicyclic) bond motifs is 1. The first-order chi connectivity index (χ1) is 13.2. The van der Waals surface area contributed by atoms with Crippen LogP contribution >= 0.6 is 0 Å². The van der Waals surface area contributed by atoms with Crippen molar-refractivity contribution in [3.8, 4) is 11.5 Å². The van der Waals surface area contributed by atoms with E-state index in [9.17, 15) is 4.79 Å². The van der Waals surface area contributed by atoms with Crippen molar-refractivity contribution in [1.82, 2.24) is 15.2 Å². The number of ether oxygens (including phenoxy) is 2. The van der Waals surface area contributed by atoms with E-state index in [1.807, 2.05) is 42.5 Å². The summed E-state index contributed by atoms with van der Waals surface area (Å²) in [7, 11) is 1.64. The molecule has 7 heteroatoms. The molecule has 3 aromatic rings. The predicted octanol–water partition coefficient (Wildman–Crippen LogP) is 2.52. The lowest BCUT2D eigenvalue weighted by Gasteiger charge is -2.04. The Labute approximate surface area is 156 Å². The van der Waals surface area contributed by atoms with Crippen molar-refractivity contribution in [1.29, 1.82) is 0 Å². The number of nitrogens with zero attached hydrogens (tertiary/aromatic N) is 2. The molecule has 1 aliphatic heterocycles. The molecule has 0 radical (unpaired) electrons. The molecule has 0 saturated carbocycles. The molecule has 4 rings (SSSR count). The Bertz CT molecular complexity index is 950. The minimum atomic E-state index is -0.164. The minimum Gasteiger partial charge on any atom is -0.497 e. The van der Waals surface area contributed by atoms with E-state index >= 15 is 0 Å². The third-order valence-electron chi connectivity index (χ3n) is 4.44. The average Bonchev–Trinajstić information content (AvgIpc) is 3.31. The standard InChI is InChI=1S/C20H20N4O3/c1-26-16-6-3-13(4-7-16)11-18-21-20(24-23-18)22-19(25)12-14-2-5-15-8-9-27-17(15)10-14/h2-7,10H,8-9,11-12H2,1H3,(H2,21,22,23,24,25). The van der Waals surface area contributed by atoms with Crippen LogP contribution < -0.4 is 14.8 Å². The number of hydrogen-bond donors (Lipinski definition) is 2. The molecule has 0 atom stereocenters. The molecule has 0 spiro atoms. The number of H-pyrrole nitrogens is 1. The number of carbonyl (C=O) groups is 1. The zero-order valence-corrected chi connectivity index (χ0v) is 15.0. The van der Waals surface area contributed by atoms with E-state index in [-0.39, 0.29) is 18.3 Å². The fourth-order valence-corrected chi connectivity index (χ4v) is 3.04. The van der Waals surface area contributed by atoms with Crippen LogP contribution in [0.4, 0.5) is 5.95 Å². The second-order valence-corrected chi connectivity index (χ2v) is 6.40.